The minimum absolute atomic E-state index is 0.0119. The summed E-state index contributed by atoms with van der Waals surface area (Å²) in [6.45, 7) is 1.72. The van der Waals surface area contributed by atoms with E-state index in [1.54, 1.807) is 6.92 Å². The highest BCUT2D eigenvalue weighted by atomic mass is 19.3. The maximum absolute atomic E-state index is 12.5. The van der Waals surface area contributed by atoms with Gasteiger partial charge in [-0.1, -0.05) is 6.92 Å². The zero-order valence-corrected chi connectivity index (χ0v) is 6.57. The Morgan fingerprint density at radius 3 is 2.64 bits per heavy atom. The van der Waals surface area contributed by atoms with Crippen LogP contribution < -0.4 is 0 Å². The highest BCUT2D eigenvalue weighted by Crippen LogP contribution is 2.39. The van der Waals surface area contributed by atoms with Crippen LogP contribution in [0.15, 0.2) is 0 Å². The van der Waals surface area contributed by atoms with Crippen molar-refractivity contribution in [2.24, 2.45) is 5.92 Å². The summed E-state index contributed by atoms with van der Waals surface area (Å²) < 4.78 is 25.1. The Kier molecular flexibility index (Phi) is 2.25. The number of hydrogen-bond donors (Lipinski definition) is 0. The number of carbonyl (C=O) groups excluding carboxylic acids is 1. The Hall–Kier alpha value is -0.470. The predicted octanol–water partition coefficient (Wildman–Crippen LogP) is 2.40. The first kappa shape index (κ1) is 8.62. The normalized spacial score (nSPS) is 28.8. The van der Waals surface area contributed by atoms with Crippen LogP contribution in [0.2, 0.25) is 0 Å². The molecule has 0 spiro atoms. The van der Waals surface area contributed by atoms with E-state index in [4.69, 9.17) is 0 Å². The fraction of sp³-hybridized carbons (Fsp3) is 0.875. The average Bonchev–Trinajstić information content (AvgIpc) is 2.29. The first-order valence-electron chi connectivity index (χ1n) is 3.96. The summed E-state index contributed by atoms with van der Waals surface area (Å²) in [5.74, 6) is -2.95. The molecule has 0 N–H and O–H groups in total. The highest BCUT2D eigenvalue weighted by molar-refractivity contribution is 5.81. The summed E-state index contributed by atoms with van der Waals surface area (Å²) in [5.41, 5.74) is 0. The van der Waals surface area contributed by atoms with Crippen molar-refractivity contribution < 1.29 is 13.6 Å². The molecule has 1 unspecified atom stereocenters. The van der Waals surface area contributed by atoms with E-state index in [-0.39, 0.29) is 24.5 Å². The van der Waals surface area contributed by atoms with Gasteiger partial charge in [-0.2, -0.15) is 0 Å². The summed E-state index contributed by atoms with van der Waals surface area (Å²) in [6.07, 6.45) is 0.434. The molecule has 1 aliphatic carbocycles. The standard InChI is InChI=1S/C8H12F2O/c1-2-7(11)6-3-4-8(9,10)5-6/h6H,2-5H2,1H3. The summed E-state index contributed by atoms with van der Waals surface area (Å²) in [6, 6.07) is 0. The topological polar surface area (TPSA) is 17.1 Å². The molecule has 0 amide bonds. The van der Waals surface area contributed by atoms with Crippen molar-refractivity contribution in [2.45, 2.75) is 38.5 Å². The van der Waals surface area contributed by atoms with E-state index in [2.05, 4.69) is 0 Å². The lowest BCUT2D eigenvalue weighted by atomic mass is 10.0. The monoisotopic (exact) mass is 162 g/mol. The first-order valence-corrected chi connectivity index (χ1v) is 3.96. The average molecular weight is 162 g/mol. The third-order valence-corrected chi connectivity index (χ3v) is 2.21. The lowest BCUT2D eigenvalue weighted by molar-refractivity contribution is -0.123. The third-order valence-electron chi connectivity index (χ3n) is 2.21. The molecule has 0 bridgehead atoms. The quantitative estimate of drug-likeness (QED) is 0.609. The number of rotatable bonds is 2. The van der Waals surface area contributed by atoms with Gasteiger partial charge in [-0.15, -0.1) is 0 Å². The van der Waals surface area contributed by atoms with Crippen LogP contribution in [0, 0.1) is 5.92 Å². The van der Waals surface area contributed by atoms with Crippen LogP contribution in [0.5, 0.6) is 0 Å². The van der Waals surface area contributed by atoms with Crippen LogP contribution in [0.4, 0.5) is 8.78 Å². The fourth-order valence-corrected chi connectivity index (χ4v) is 1.51. The van der Waals surface area contributed by atoms with Gasteiger partial charge in [0.1, 0.15) is 5.78 Å². The Balaban J connectivity index is 2.48. The molecule has 1 aliphatic rings. The number of halogens is 2. The molecule has 11 heavy (non-hydrogen) atoms. The van der Waals surface area contributed by atoms with E-state index >= 15 is 0 Å². The molecule has 0 aromatic carbocycles. The van der Waals surface area contributed by atoms with Crippen molar-refractivity contribution in [3.63, 3.8) is 0 Å². The van der Waals surface area contributed by atoms with Crippen LogP contribution >= 0.6 is 0 Å². The van der Waals surface area contributed by atoms with Crippen LogP contribution in [-0.4, -0.2) is 11.7 Å². The van der Waals surface area contributed by atoms with E-state index in [0.29, 0.717) is 12.8 Å². The maximum atomic E-state index is 12.5. The molecule has 3 heteroatoms. The second-order valence-electron chi connectivity index (χ2n) is 3.12. The lowest BCUT2D eigenvalue weighted by Crippen LogP contribution is -2.14. The Morgan fingerprint density at radius 1 is 1.64 bits per heavy atom. The van der Waals surface area contributed by atoms with Crippen LogP contribution in [0.1, 0.15) is 32.6 Å². The fourth-order valence-electron chi connectivity index (χ4n) is 1.51. The Labute approximate surface area is 64.8 Å². The zero-order chi connectivity index (χ0) is 8.48. The van der Waals surface area contributed by atoms with Gasteiger partial charge in [0.05, 0.1) is 0 Å². The Morgan fingerprint density at radius 2 is 2.27 bits per heavy atom. The lowest BCUT2D eigenvalue weighted by Gasteiger charge is -2.07. The summed E-state index contributed by atoms with van der Waals surface area (Å²) in [4.78, 5) is 11.0. The van der Waals surface area contributed by atoms with Gasteiger partial charge in [-0.3, -0.25) is 4.79 Å². The number of Topliss-reactive ketones (excluding diaryl/α,β-unsaturated/α-hetero) is 1. The largest absolute Gasteiger partial charge is 0.299 e. The van der Waals surface area contributed by atoms with Gasteiger partial charge in [-0.25, -0.2) is 8.78 Å². The Bertz CT molecular complexity index is 165. The van der Waals surface area contributed by atoms with Gasteiger partial charge in [0.2, 0.25) is 5.92 Å². The van der Waals surface area contributed by atoms with E-state index in [9.17, 15) is 13.6 Å². The van der Waals surface area contributed by atoms with Gasteiger partial charge >= 0.3 is 0 Å². The van der Waals surface area contributed by atoms with Crippen molar-refractivity contribution in [1.82, 2.24) is 0 Å². The molecule has 0 radical (unpaired) electrons. The van der Waals surface area contributed by atoms with E-state index in [0.717, 1.165) is 0 Å². The predicted molar refractivity (Wildman–Crippen MR) is 37.6 cm³/mol. The zero-order valence-electron chi connectivity index (χ0n) is 6.57. The molecule has 0 aromatic heterocycles. The van der Waals surface area contributed by atoms with Crippen molar-refractivity contribution in [2.75, 3.05) is 0 Å². The van der Waals surface area contributed by atoms with Gasteiger partial charge in [0.15, 0.2) is 0 Å². The van der Waals surface area contributed by atoms with Gasteiger partial charge in [0, 0.05) is 25.2 Å². The van der Waals surface area contributed by atoms with Crippen LogP contribution in [0.25, 0.3) is 0 Å². The van der Waals surface area contributed by atoms with Crippen molar-refractivity contribution in [1.29, 1.82) is 0 Å². The number of alkyl halides is 2. The van der Waals surface area contributed by atoms with Gasteiger partial charge < -0.3 is 0 Å². The molecular formula is C8H12F2O. The van der Waals surface area contributed by atoms with E-state index in [1.807, 2.05) is 0 Å². The van der Waals surface area contributed by atoms with E-state index < -0.39 is 5.92 Å². The van der Waals surface area contributed by atoms with Crippen LogP contribution in [0.3, 0.4) is 0 Å². The molecule has 1 rings (SSSR count). The summed E-state index contributed by atoms with van der Waals surface area (Å²) in [7, 11) is 0. The van der Waals surface area contributed by atoms with Gasteiger partial charge in [0.25, 0.3) is 0 Å². The molecule has 1 atom stereocenters. The smallest absolute Gasteiger partial charge is 0.248 e. The maximum Gasteiger partial charge on any atom is 0.248 e. The highest BCUT2D eigenvalue weighted by Gasteiger charge is 2.41. The van der Waals surface area contributed by atoms with Crippen molar-refractivity contribution in [3.8, 4) is 0 Å². The molecule has 1 nitrogen and oxygen atoms in total. The molecule has 0 aliphatic heterocycles. The second kappa shape index (κ2) is 2.88. The molecule has 1 fully saturated rings. The van der Waals surface area contributed by atoms with Crippen molar-refractivity contribution >= 4 is 5.78 Å². The number of hydrogen-bond acceptors (Lipinski definition) is 1. The SMILES string of the molecule is CCC(=O)C1CCC(F)(F)C1. The second-order valence-corrected chi connectivity index (χ2v) is 3.12. The number of ketones is 1. The minimum atomic E-state index is -2.57. The minimum Gasteiger partial charge on any atom is -0.299 e. The van der Waals surface area contributed by atoms with E-state index in [1.165, 1.54) is 0 Å². The van der Waals surface area contributed by atoms with Crippen molar-refractivity contribution in [3.05, 3.63) is 0 Å². The molecule has 0 saturated heterocycles. The third kappa shape index (κ3) is 1.98. The molecule has 64 valence electrons. The molecule has 0 heterocycles. The van der Waals surface area contributed by atoms with Crippen LogP contribution in [-0.2, 0) is 4.79 Å². The molecule has 0 aromatic rings. The molecular weight excluding hydrogens is 150 g/mol. The summed E-state index contributed by atoms with van der Waals surface area (Å²) >= 11 is 0. The number of carbonyl (C=O) groups is 1. The first-order chi connectivity index (χ1) is 5.05. The summed E-state index contributed by atoms with van der Waals surface area (Å²) in [5, 5.41) is 0. The van der Waals surface area contributed by atoms with Gasteiger partial charge in [-0.05, 0) is 6.42 Å². The molecule has 1 saturated carbocycles.